The first-order valence-electron chi connectivity index (χ1n) is 7.62. The third kappa shape index (κ3) is 3.45. The number of amides is 2. The van der Waals surface area contributed by atoms with E-state index in [0.717, 1.165) is 12.8 Å². The molecule has 0 radical (unpaired) electrons. The van der Waals surface area contributed by atoms with Crippen molar-refractivity contribution in [3.05, 3.63) is 17.3 Å². The molecule has 0 spiro atoms. The minimum Gasteiger partial charge on any atom is -0.331 e. The fraction of sp³-hybridized carbons (Fsp3) is 0.467. The molecule has 3 rings (SSSR count). The van der Waals surface area contributed by atoms with Gasteiger partial charge >= 0.3 is 0 Å². The van der Waals surface area contributed by atoms with Crippen molar-refractivity contribution in [3.8, 4) is 0 Å². The van der Waals surface area contributed by atoms with E-state index in [-0.39, 0.29) is 11.8 Å². The highest BCUT2D eigenvalue weighted by Gasteiger charge is 2.33. The van der Waals surface area contributed by atoms with Crippen LogP contribution in [0.5, 0.6) is 0 Å². The van der Waals surface area contributed by atoms with E-state index < -0.39 is 6.04 Å². The van der Waals surface area contributed by atoms with Crippen LogP contribution in [0.3, 0.4) is 0 Å². The predicted octanol–water partition coefficient (Wildman–Crippen LogP) is 3.07. The molecule has 1 saturated heterocycles. The van der Waals surface area contributed by atoms with Gasteiger partial charge in [0.2, 0.25) is 11.8 Å². The maximum absolute atomic E-state index is 12.5. The lowest BCUT2D eigenvalue weighted by Gasteiger charge is -2.23. The van der Waals surface area contributed by atoms with Gasteiger partial charge in [-0.2, -0.15) is 0 Å². The van der Waals surface area contributed by atoms with Crippen molar-refractivity contribution in [1.82, 2.24) is 14.9 Å². The second-order valence-corrected chi connectivity index (χ2v) is 6.83. The standard InChI is InChI=1S/C15H17ClN4O2S/c1-2-4-12(21)20-8-3-5-10(20)13(22)19-15-17-9-6-7-11(16)18-14(9)23-15/h6-7,10H,2-5,8H2,1H3,(H,17,19,22). The summed E-state index contributed by atoms with van der Waals surface area (Å²) in [6, 6.07) is 3.03. The van der Waals surface area contributed by atoms with Crippen molar-refractivity contribution < 1.29 is 9.59 Å². The molecule has 1 atom stereocenters. The quantitative estimate of drug-likeness (QED) is 0.858. The van der Waals surface area contributed by atoms with Crippen molar-refractivity contribution in [2.45, 2.75) is 38.6 Å². The molecule has 122 valence electrons. The molecule has 2 aromatic heterocycles. The number of halogens is 1. The zero-order valence-electron chi connectivity index (χ0n) is 12.7. The van der Waals surface area contributed by atoms with Crippen LogP contribution in [0.25, 0.3) is 10.3 Å². The van der Waals surface area contributed by atoms with Crippen molar-refractivity contribution in [2.75, 3.05) is 11.9 Å². The summed E-state index contributed by atoms with van der Waals surface area (Å²) >= 11 is 7.13. The maximum Gasteiger partial charge on any atom is 0.248 e. The molecule has 1 unspecified atom stereocenters. The molecule has 1 fully saturated rings. The second-order valence-electron chi connectivity index (χ2n) is 5.46. The van der Waals surface area contributed by atoms with E-state index in [1.165, 1.54) is 11.3 Å². The first kappa shape index (κ1) is 16.1. The van der Waals surface area contributed by atoms with Crippen molar-refractivity contribution in [2.24, 2.45) is 0 Å². The van der Waals surface area contributed by atoms with Gasteiger partial charge in [-0.3, -0.25) is 9.59 Å². The lowest BCUT2D eigenvalue weighted by molar-refractivity contribution is -0.136. The van der Waals surface area contributed by atoms with Crippen molar-refractivity contribution >= 4 is 50.2 Å². The van der Waals surface area contributed by atoms with Gasteiger partial charge in [-0.05, 0) is 31.4 Å². The van der Waals surface area contributed by atoms with Gasteiger partial charge in [0.1, 0.15) is 21.5 Å². The molecular formula is C15H17ClN4O2S. The van der Waals surface area contributed by atoms with Crippen molar-refractivity contribution in [1.29, 1.82) is 0 Å². The van der Waals surface area contributed by atoms with Gasteiger partial charge in [0.05, 0.1) is 0 Å². The Bertz CT molecular complexity index is 748. The molecule has 23 heavy (non-hydrogen) atoms. The lowest BCUT2D eigenvalue weighted by atomic mass is 10.2. The molecule has 0 aromatic carbocycles. The fourth-order valence-corrected chi connectivity index (χ4v) is 3.77. The molecule has 1 N–H and O–H groups in total. The number of fused-ring (bicyclic) bond motifs is 1. The van der Waals surface area contributed by atoms with Crippen LogP contribution in [0.1, 0.15) is 32.6 Å². The van der Waals surface area contributed by atoms with Gasteiger partial charge in [0.15, 0.2) is 5.13 Å². The topological polar surface area (TPSA) is 75.2 Å². The Morgan fingerprint density at radius 3 is 3.04 bits per heavy atom. The lowest BCUT2D eigenvalue weighted by Crippen LogP contribution is -2.43. The van der Waals surface area contributed by atoms with E-state index in [1.54, 1.807) is 17.0 Å². The largest absolute Gasteiger partial charge is 0.331 e. The van der Waals surface area contributed by atoms with E-state index in [2.05, 4.69) is 15.3 Å². The number of nitrogens with one attached hydrogen (secondary N) is 1. The number of thiazole rings is 1. The molecular weight excluding hydrogens is 336 g/mol. The Kier molecular flexibility index (Phi) is 4.77. The maximum atomic E-state index is 12.5. The van der Waals surface area contributed by atoms with E-state index in [0.29, 0.717) is 40.0 Å². The molecule has 1 aliphatic rings. The average molecular weight is 353 g/mol. The second kappa shape index (κ2) is 6.80. The van der Waals surface area contributed by atoms with Crippen LogP contribution in [0.2, 0.25) is 5.15 Å². The normalized spacial score (nSPS) is 17.7. The molecule has 1 aliphatic heterocycles. The summed E-state index contributed by atoms with van der Waals surface area (Å²) in [4.78, 5) is 35.5. The number of nitrogens with zero attached hydrogens (tertiary/aromatic N) is 3. The number of likely N-dealkylation sites (tertiary alicyclic amines) is 1. The number of rotatable bonds is 4. The number of aromatic nitrogens is 2. The van der Waals surface area contributed by atoms with E-state index >= 15 is 0 Å². The number of carbonyl (C=O) groups is 2. The monoisotopic (exact) mass is 352 g/mol. The summed E-state index contributed by atoms with van der Waals surface area (Å²) in [5, 5.41) is 3.69. The average Bonchev–Trinajstić information content (AvgIpc) is 3.12. The Balaban J connectivity index is 1.73. The third-order valence-corrected chi connectivity index (χ3v) is 4.88. The van der Waals surface area contributed by atoms with Gasteiger partial charge in [-0.1, -0.05) is 29.9 Å². The van der Waals surface area contributed by atoms with Gasteiger partial charge in [0.25, 0.3) is 0 Å². The van der Waals surface area contributed by atoms with Crippen LogP contribution in [0.4, 0.5) is 5.13 Å². The number of carbonyl (C=O) groups excluding carboxylic acids is 2. The number of hydrogen-bond donors (Lipinski definition) is 1. The highest BCUT2D eigenvalue weighted by atomic mass is 35.5. The minimum absolute atomic E-state index is 0.0444. The SMILES string of the molecule is CCCC(=O)N1CCCC1C(=O)Nc1nc2ccc(Cl)nc2s1. The smallest absolute Gasteiger partial charge is 0.248 e. The Labute approximate surface area is 142 Å². The van der Waals surface area contributed by atoms with Crippen LogP contribution >= 0.6 is 22.9 Å². The third-order valence-electron chi connectivity index (χ3n) is 3.79. The predicted molar refractivity (Wildman–Crippen MR) is 90.7 cm³/mol. The highest BCUT2D eigenvalue weighted by Crippen LogP contribution is 2.27. The summed E-state index contributed by atoms with van der Waals surface area (Å²) in [5.74, 6) is -0.139. The summed E-state index contributed by atoms with van der Waals surface area (Å²) < 4.78 is 0. The summed E-state index contributed by atoms with van der Waals surface area (Å²) in [7, 11) is 0. The summed E-state index contributed by atoms with van der Waals surface area (Å²) in [6.45, 7) is 2.61. The number of hydrogen-bond acceptors (Lipinski definition) is 5. The van der Waals surface area contributed by atoms with Crippen LogP contribution in [0.15, 0.2) is 12.1 Å². The first-order chi connectivity index (χ1) is 11.1. The van der Waals surface area contributed by atoms with Gasteiger partial charge in [0, 0.05) is 13.0 Å². The molecule has 3 heterocycles. The van der Waals surface area contributed by atoms with Gasteiger partial charge in [-0.25, -0.2) is 9.97 Å². The Morgan fingerprint density at radius 2 is 2.26 bits per heavy atom. The molecule has 0 bridgehead atoms. The Hall–Kier alpha value is -1.73. The molecule has 0 saturated carbocycles. The van der Waals surface area contributed by atoms with Crippen LogP contribution in [-0.2, 0) is 9.59 Å². The van der Waals surface area contributed by atoms with E-state index in [9.17, 15) is 9.59 Å². The summed E-state index contributed by atoms with van der Waals surface area (Å²) in [5.41, 5.74) is 0.694. The fourth-order valence-electron chi connectivity index (χ4n) is 2.73. The van der Waals surface area contributed by atoms with Crippen LogP contribution in [0, 0.1) is 0 Å². The van der Waals surface area contributed by atoms with Crippen LogP contribution < -0.4 is 5.32 Å². The highest BCUT2D eigenvalue weighted by molar-refractivity contribution is 7.22. The summed E-state index contributed by atoms with van der Waals surface area (Å²) in [6.07, 6.45) is 2.81. The molecule has 2 amide bonds. The van der Waals surface area contributed by atoms with Crippen LogP contribution in [-0.4, -0.2) is 39.3 Å². The number of anilines is 1. The Morgan fingerprint density at radius 1 is 1.43 bits per heavy atom. The van der Waals surface area contributed by atoms with E-state index in [4.69, 9.17) is 11.6 Å². The molecule has 2 aromatic rings. The first-order valence-corrected chi connectivity index (χ1v) is 8.81. The molecule has 8 heteroatoms. The molecule has 0 aliphatic carbocycles. The molecule has 6 nitrogen and oxygen atoms in total. The number of pyridine rings is 1. The van der Waals surface area contributed by atoms with Gasteiger partial charge in [-0.15, -0.1) is 0 Å². The zero-order chi connectivity index (χ0) is 16.4. The van der Waals surface area contributed by atoms with Gasteiger partial charge < -0.3 is 10.2 Å². The minimum atomic E-state index is -0.405. The van der Waals surface area contributed by atoms with E-state index in [1.807, 2.05) is 6.92 Å². The zero-order valence-corrected chi connectivity index (χ0v) is 14.3. The van der Waals surface area contributed by atoms with Crippen molar-refractivity contribution in [3.63, 3.8) is 0 Å².